The second-order valence-electron chi connectivity index (χ2n) is 0.770. The zero-order valence-electron chi connectivity index (χ0n) is 6.31. The average Bonchev–Trinajstić information content (AvgIpc) is 1.72. The third-order valence-electron chi connectivity index (χ3n) is 0.444. The Morgan fingerprint density at radius 2 is 0.625 bits per heavy atom. The van der Waals surface area contributed by atoms with Crippen molar-refractivity contribution in [2.24, 2.45) is 0 Å². The van der Waals surface area contributed by atoms with Crippen molar-refractivity contribution >= 4 is 0 Å². The molecule has 0 N–H and O–H groups in total. The molecule has 0 nitrogen and oxygen atoms in total. The summed E-state index contributed by atoms with van der Waals surface area (Å²) >= 11 is 0. The highest BCUT2D eigenvalue weighted by Gasteiger charge is 1.65. The van der Waals surface area contributed by atoms with E-state index in [1.165, 1.54) is 0 Å². The fourth-order valence-electron chi connectivity index (χ4n) is 0.111. The number of allylic oxidation sites excluding steroid dienone is 4. The molecule has 0 aromatic carbocycles. The second kappa shape index (κ2) is 16.1. The molecule has 48 valence electrons. The van der Waals surface area contributed by atoms with Gasteiger partial charge in [0.05, 0.1) is 0 Å². The summed E-state index contributed by atoms with van der Waals surface area (Å²) in [6, 6.07) is 0. The van der Waals surface area contributed by atoms with E-state index in [1.807, 2.05) is 52.0 Å². The van der Waals surface area contributed by atoms with Gasteiger partial charge in [0.15, 0.2) is 0 Å². The summed E-state index contributed by atoms with van der Waals surface area (Å²) < 4.78 is 0. The smallest absolute Gasteiger partial charge is 0.0623 e. The molecule has 0 amide bonds. The number of hydrogen-bond acceptors (Lipinski definition) is 0. The first kappa shape index (κ1) is 10.5. The van der Waals surface area contributed by atoms with Crippen molar-refractivity contribution in [1.82, 2.24) is 0 Å². The molecule has 0 spiro atoms. The van der Waals surface area contributed by atoms with Crippen LogP contribution >= 0.6 is 0 Å². The zero-order valence-corrected chi connectivity index (χ0v) is 6.31. The minimum atomic E-state index is 2.00. The molecular weight excluding hydrogens is 96.1 g/mol. The number of rotatable bonds is 0. The molecule has 0 atom stereocenters. The lowest BCUT2D eigenvalue weighted by Gasteiger charge is -1.77. The van der Waals surface area contributed by atoms with Crippen molar-refractivity contribution in [2.45, 2.75) is 27.7 Å². The van der Waals surface area contributed by atoms with Crippen LogP contribution in [0.15, 0.2) is 24.3 Å². The molecule has 0 aromatic rings. The minimum Gasteiger partial charge on any atom is -0.0683 e. The van der Waals surface area contributed by atoms with Crippen LogP contribution in [-0.2, 0) is 0 Å². The van der Waals surface area contributed by atoms with Crippen molar-refractivity contribution < 1.29 is 0 Å². The Labute approximate surface area is 52.9 Å². The fourth-order valence-corrected chi connectivity index (χ4v) is 0.111. The summed E-state index contributed by atoms with van der Waals surface area (Å²) in [4.78, 5) is 0. The lowest BCUT2D eigenvalue weighted by atomic mass is 10.3. The predicted octanol–water partition coefficient (Wildman–Crippen LogP) is 3.16. The topological polar surface area (TPSA) is 0 Å². The first-order valence-corrected chi connectivity index (χ1v) is 3.33. The van der Waals surface area contributed by atoms with Gasteiger partial charge in [0.1, 0.15) is 0 Å². The quantitative estimate of drug-likeness (QED) is 0.451. The van der Waals surface area contributed by atoms with E-state index in [2.05, 4.69) is 0 Å². The van der Waals surface area contributed by atoms with Gasteiger partial charge >= 0.3 is 0 Å². The molecule has 0 radical (unpaired) electrons. The van der Waals surface area contributed by atoms with Crippen LogP contribution in [0.3, 0.4) is 0 Å². The van der Waals surface area contributed by atoms with E-state index in [0.29, 0.717) is 0 Å². The van der Waals surface area contributed by atoms with Gasteiger partial charge in [-0.3, -0.25) is 0 Å². The molecule has 0 saturated heterocycles. The van der Waals surface area contributed by atoms with Gasteiger partial charge in [-0.05, 0) is 0 Å². The van der Waals surface area contributed by atoms with Crippen LogP contribution in [-0.4, -0.2) is 0 Å². The molecular formula is C8H16. The molecule has 0 saturated carbocycles. The van der Waals surface area contributed by atoms with Crippen LogP contribution in [0.4, 0.5) is 0 Å². The van der Waals surface area contributed by atoms with Gasteiger partial charge in [0, 0.05) is 0 Å². The van der Waals surface area contributed by atoms with Crippen molar-refractivity contribution in [3.63, 3.8) is 0 Å². The maximum atomic E-state index is 2.00. The highest BCUT2D eigenvalue weighted by atomic mass is 13.7. The molecule has 0 aliphatic heterocycles. The van der Waals surface area contributed by atoms with Crippen molar-refractivity contribution in [3.05, 3.63) is 24.3 Å². The van der Waals surface area contributed by atoms with Crippen LogP contribution in [0.25, 0.3) is 0 Å². The van der Waals surface area contributed by atoms with Gasteiger partial charge in [-0.25, -0.2) is 0 Å². The second-order valence-corrected chi connectivity index (χ2v) is 0.770. The molecule has 1 rings (SSSR count). The molecule has 0 bridgehead atoms. The Morgan fingerprint density at radius 1 is 0.500 bits per heavy atom. The minimum absolute atomic E-state index is 2.00. The summed E-state index contributed by atoms with van der Waals surface area (Å²) in [5.41, 5.74) is 0. The lowest BCUT2D eigenvalue weighted by molar-refractivity contribution is 1.50. The Morgan fingerprint density at radius 3 is 0.625 bits per heavy atom. The van der Waals surface area contributed by atoms with E-state index in [-0.39, 0.29) is 0 Å². The molecule has 0 fully saturated rings. The third-order valence-corrected chi connectivity index (χ3v) is 0.444. The van der Waals surface area contributed by atoms with Gasteiger partial charge in [0.2, 0.25) is 0 Å². The van der Waals surface area contributed by atoms with Gasteiger partial charge < -0.3 is 0 Å². The summed E-state index contributed by atoms with van der Waals surface area (Å²) in [6.07, 6.45) is 8.00. The predicted molar refractivity (Wildman–Crippen MR) is 41.0 cm³/mol. The van der Waals surface area contributed by atoms with Gasteiger partial charge in [-0.15, -0.1) is 0 Å². The van der Waals surface area contributed by atoms with Gasteiger partial charge in [-0.2, -0.15) is 0 Å². The van der Waals surface area contributed by atoms with E-state index in [0.717, 1.165) is 0 Å². The van der Waals surface area contributed by atoms with Crippen LogP contribution in [0, 0.1) is 0 Å². The van der Waals surface area contributed by atoms with Gasteiger partial charge in [0.25, 0.3) is 0 Å². The average molecular weight is 112 g/mol. The first-order valence-electron chi connectivity index (χ1n) is 3.33. The largest absolute Gasteiger partial charge is 0.0683 e. The Bertz CT molecular complexity index is 40.4. The first-order chi connectivity index (χ1) is 4.00. The van der Waals surface area contributed by atoms with Crippen LogP contribution in [0.5, 0.6) is 0 Å². The summed E-state index contributed by atoms with van der Waals surface area (Å²) in [5.74, 6) is 0. The zero-order chi connectivity index (χ0) is 6.83. The van der Waals surface area contributed by atoms with Crippen LogP contribution in [0.2, 0.25) is 0 Å². The van der Waals surface area contributed by atoms with E-state index in [4.69, 9.17) is 0 Å². The van der Waals surface area contributed by atoms with Crippen LogP contribution in [0.1, 0.15) is 27.7 Å². The molecule has 1 aliphatic rings. The highest BCUT2D eigenvalue weighted by Crippen LogP contribution is 1.86. The molecule has 0 heteroatoms. The van der Waals surface area contributed by atoms with Crippen molar-refractivity contribution in [2.75, 3.05) is 0 Å². The third kappa shape index (κ3) is 9.08. The summed E-state index contributed by atoms with van der Waals surface area (Å²) in [6.45, 7) is 8.00. The van der Waals surface area contributed by atoms with Crippen molar-refractivity contribution in [3.8, 4) is 0 Å². The molecule has 0 unspecified atom stereocenters. The fraction of sp³-hybridized carbons (Fsp3) is 0.500. The summed E-state index contributed by atoms with van der Waals surface area (Å²) in [7, 11) is 0. The normalized spacial score (nSPS) is 9.50. The standard InChI is InChI=1S/C4H4.2C2H6/c1-2-4-3-1;2*1-2/h1-4H;2*1-2H3. The van der Waals surface area contributed by atoms with Crippen LogP contribution < -0.4 is 0 Å². The Hall–Kier alpha value is -0.520. The monoisotopic (exact) mass is 112 g/mol. The Kier molecular flexibility index (Phi) is 21.0. The molecule has 1 aliphatic carbocycles. The van der Waals surface area contributed by atoms with Crippen molar-refractivity contribution in [1.29, 1.82) is 0 Å². The highest BCUT2D eigenvalue weighted by molar-refractivity contribution is 5.22. The Balaban J connectivity index is 0. The van der Waals surface area contributed by atoms with Gasteiger partial charge in [-0.1, -0.05) is 52.0 Å². The maximum Gasteiger partial charge on any atom is -0.0623 e. The number of hydrogen-bond donors (Lipinski definition) is 0. The molecule has 8 heavy (non-hydrogen) atoms. The summed E-state index contributed by atoms with van der Waals surface area (Å²) in [5, 5.41) is 0. The molecule has 0 heterocycles. The van der Waals surface area contributed by atoms with E-state index in [1.54, 1.807) is 0 Å². The molecule has 0 aromatic heterocycles. The lowest BCUT2D eigenvalue weighted by Crippen LogP contribution is -1.55. The van der Waals surface area contributed by atoms with E-state index in [9.17, 15) is 0 Å². The van der Waals surface area contributed by atoms with E-state index < -0.39 is 0 Å². The maximum absolute atomic E-state index is 2.00. The van der Waals surface area contributed by atoms with E-state index >= 15 is 0 Å². The SMILES string of the molecule is C1=CC=C1.CC.CC.